The normalized spacial score (nSPS) is 9.71. The van der Waals surface area contributed by atoms with Crippen molar-refractivity contribution in [1.82, 2.24) is 0 Å². The Morgan fingerprint density at radius 2 is 2.00 bits per heavy atom. The molecule has 0 amide bonds. The molecule has 3 nitrogen and oxygen atoms in total. The molecule has 4 heteroatoms. The highest BCUT2D eigenvalue weighted by Crippen LogP contribution is 2.16. The first-order valence-electron chi connectivity index (χ1n) is 6.27. The predicted molar refractivity (Wildman–Crippen MR) is 76.3 cm³/mol. The van der Waals surface area contributed by atoms with Crippen LogP contribution in [0.3, 0.4) is 0 Å². The zero-order chi connectivity index (χ0) is 15.1. The molecule has 0 N–H and O–H groups in total. The Morgan fingerprint density at radius 1 is 1.19 bits per heavy atom. The summed E-state index contributed by atoms with van der Waals surface area (Å²) >= 11 is 0. The number of ether oxygens (including phenoxy) is 2. The second-order valence-electron chi connectivity index (χ2n) is 4.23. The lowest BCUT2D eigenvalue weighted by atomic mass is 10.2. The summed E-state index contributed by atoms with van der Waals surface area (Å²) in [6.45, 7) is 0.133. The Labute approximate surface area is 122 Å². The molecule has 0 unspecified atom stereocenters. The van der Waals surface area contributed by atoms with Gasteiger partial charge in [0.25, 0.3) is 0 Å². The van der Waals surface area contributed by atoms with E-state index in [1.807, 2.05) is 0 Å². The summed E-state index contributed by atoms with van der Waals surface area (Å²) in [4.78, 5) is 11.7. The van der Waals surface area contributed by atoms with E-state index >= 15 is 0 Å². The molecular weight excluding hydrogens is 271 g/mol. The second kappa shape index (κ2) is 7.11. The molecule has 0 aliphatic heterocycles. The second-order valence-corrected chi connectivity index (χ2v) is 4.23. The number of terminal acetylenes is 1. The van der Waals surface area contributed by atoms with Crippen LogP contribution in [0.5, 0.6) is 5.75 Å². The third-order valence-corrected chi connectivity index (χ3v) is 2.65. The molecular formula is C17H13FO3. The molecule has 106 valence electrons. The number of rotatable bonds is 5. The van der Waals surface area contributed by atoms with Gasteiger partial charge in [-0.2, -0.15) is 0 Å². The van der Waals surface area contributed by atoms with Gasteiger partial charge in [0.2, 0.25) is 0 Å². The molecule has 0 aromatic heterocycles. The molecule has 0 spiro atoms. The van der Waals surface area contributed by atoms with Crippen molar-refractivity contribution in [2.75, 3.05) is 6.61 Å². The summed E-state index contributed by atoms with van der Waals surface area (Å²) in [6.07, 6.45) is 5.03. The van der Waals surface area contributed by atoms with Crippen molar-refractivity contribution in [2.45, 2.75) is 6.61 Å². The maximum atomic E-state index is 13.0. The minimum atomic E-state index is -0.510. The average Bonchev–Trinajstić information content (AvgIpc) is 2.51. The van der Waals surface area contributed by atoms with Crippen LogP contribution in [-0.4, -0.2) is 12.6 Å². The molecule has 0 saturated carbocycles. The Hall–Kier alpha value is -2.80. The van der Waals surface area contributed by atoms with Gasteiger partial charge in [-0.25, -0.2) is 9.18 Å². The van der Waals surface area contributed by atoms with E-state index in [0.29, 0.717) is 16.9 Å². The fraction of sp³-hybridized carbons (Fsp3) is 0.118. The molecule has 0 aliphatic carbocycles. The topological polar surface area (TPSA) is 35.5 Å². The Bertz CT molecular complexity index is 674. The first-order valence-corrected chi connectivity index (χ1v) is 6.27. The van der Waals surface area contributed by atoms with Crippen LogP contribution >= 0.6 is 0 Å². The van der Waals surface area contributed by atoms with Crippen molar-refractivity contribution in [1.29, 1.82) is 0 Å². The molecule has 2 aromatic carbocycles. The lowest BCUT2D eigenvalue weighted by Gasteiger charge is -2.08. The number of carbonyl (C=O) groups excluding carboxylic acids is 1. The average molecular weight is 284 g/mol. The van der Waals surface area contributed by atoms with Crippen LogP contribution in [0.25, 0.3) is 0 Å². The van der Waals surface area contributed by atoms with Gasteiger partial charge in [0.15, 0.2) is 6.61 Å². The van der Waals surface area contributed by atoms with Crippen LogP contribution in [0.4, 0.5) is 4.39 Å². The minimum Gasteiger partial charge on any atom is -0.489 e. The van der Waals surface area contributed by atoms with E-state index in [1.165, 1.54) is 12.1 Å². The largest absolute Gasteiger partial charge is 0.489 e. The van der Waals surface area contributed by atoms with Crippen molar-refractivity contribution in [2.24, 2.45) is 0 Å². The quantitative estimate of drug-likeness (QED) is 0.625. The first-order chi connectivity index (χ1) is 10.2. The van der Waals surface area contributed by atoms with E-state index in [0.717, 1.165) is 0 Å². The maximum absolute atomic E-state index is 13.0. The predicted octanol–water partition coefficient (Wildman–Crippen LogP) is 3.19. The first kappa shape index (κ1) is 14.6. The van der Waals surface area contributed by atoms with Crippen molar-refractivity contribution < 1.29 is 18.7 Å². The smallest absolute Gasteiger partial charge is 0.339 e. The van der Waals surface area contributed by atoms with E-state index in [-0.39, 0.29) is 19.0 Å². The number of hydrogen-bond donors (Lipinski definition) is 0. The third kappa shape index (κ3) is 4.36. The molecule has 2 aromatic rings. The Kier molecular flexibility index (Phi) is 4.94. The molecule has 0 radical (unpaired) electrons. The summed E-state index contributed by atoms with van der Waals surface area (Å²) in [5.41, 5.74) is 1.05. The van der Waals surface area contributed by atoms with Crippen LogP contribution in [0.2, 0.25) is 0 Å². The van der Waals surface area contributed by atoms with E-state index in [9.17, 15) is 9.18 Å². The SMILES string of the molecule is C#CCOC(=O)c1cccc(OCc2cccc(F)c2)c1. The summed E-state index contributed by atoms with van der Waals surface area (Å²) in [5.74, 6) is 1.89. The lowest BCUT2D eigenvalue weighted by molar-refractivity contribution is 0.0556. The lowest BCUT2D eigenvalue weighted by Crippen LogP contribution is -2.05. The van der Waals surface area contributed by atoms with Crippen LogP contribution in [0.1, 0.15) is 15.9 Å². The highest BCUT2D eigenvalue weighted by Gasteiger charge is 2.07. The molecule has 2 rings (SSSR count). The van der Waals surface area contributed by atoms with Crippen LogP contribution in [-0.2, 0) is 11.3 Å². The van der Waals surface area contributed by atoms with Crippen LogP contribution in [0.15, 0.2) is 48.5 Å². The van der Waals surface area contributed by atoms with Crippen molar-refractivity contribution in [3.63, 3.8) is 0 Å². The summed E-state index contributed by atoms with van der Waals surface area (Å²) in [5, 5.41) is 0. The van der Waals surface area contributed by atoms with Crippen LogP contribution < -0.4 is 4.74 Å². The molecule has 0 bridgehead atoms. The number of hydrogen-bond acceptors (Lipinski definition) is 3. The molecule has 0 saturated heterocycles. The summed E-state index contributed by atoms with van der Waals surface area (Å²) in [6, 6.07) is 12.7. The Balaban J connectivity index is 2.01. The molecule has 0 aliphatic rings. The highest BCUT2D eigenvalue weighted by molar-refractivity contribution is 5.89. The maximum Gasteiger partial charge on any atom is 0.339 e. The fourth-order valence-corrected chi connectivity index (χ4v) is 1.70. The summed E-state index contributed by atoms with van der Waals surface area (Å²) < 4.78 is 23.4. The van der Waals surface area contributed by atoms with Gasteiger partial charge in [0, 0.05) is 0 Å². The molecule has 0 fully saturated rings. The zero-order valence-corrected chi connectivity index (χ0v) is 11.2. The fourth-order valence-electron chi connectivity index (χ4n) is 1.70. The van der Waals surface area contributed by atoms with Crippen LogP contribution in [0, 0.1) is 18.2 Å². The third-order valence-electron chi connectivity index (χ3n) is 2.65. The van der Waals surface area contributed by atoms with Gasteiger partial charge in [-0.1, -0.05) is 24.1 Å². The van der Waals surface area contributed by atoms with Gasteiger partial charge in [0.1, 0.15) is 18.2 Å². The van der Waals surface area contributed by atoms with Crippen molar-refractivity contribution >= 4 is 5.97 Å². The van der Waals surface area contributed by atoms with Crippen molar-refractivity contribution in [3.8, 4) is 18.1 Å². The monoisotopic (exact) mass is 284 g/mol. The number of esters is 1. The number of halogens is 1. The van der Waals surface area contributed by atoms with E-state index < -0.39 is 5.97 Å². The van der Waals surface area contributed by atoms with Gasteiger partial charge < -0.3 is 9.47 Å². The summed E-state index contributed by atoms with van der Waals surface area (Å²) in [7, 11) is 0. The van der Waals surface area contributed by atoms with Gasteiger partial charge in [-0.15, -0.1) is 6.42 Å². The van der Waals surface area contributed by atoms with Gasteiger partial charge in [0.05, 0.1) is 5.56 Å². The van der Waals surface area contributed by atoms with E-state index in [4.69, 9.17) is 15.9 Å². The molecule has 21 heavy (non-hydrogen) atoms. The van der Waals surface area contributed by atoms with Crippen molar-refractivity contribution in [3.05, 3.63) is 65.5 Å². The van der Waals surface area contributed by atoms with E-state index in [1.54, 1.807) is 36.4 Å². The van der Waals surface area contributed by atoms with Gasteiger partial charge >= 0.3 is 5.97 Å². The van der Waals surface area contributed by atoms with Gasteiger partial charge in [-0.3, -0.25) is 0 Å². The van der Waals surface area contributed by atoms with E-state index in [2.05, 4.69) is 5.92 Å². The minimum absolute atomic E-state index is 0.0762. The van der Waals surface area contributed by atoms with Gasteiger partial charge in [-0.05, 0) is 35.9 Å². The molecule has 0 atom stereocenters. The number of carbonyl (C=O) groups is 1. The zero-order valence-electron chi connectivity index (χ0n) is 11.2. The standard InChI is InChI=1S/C17H13FO3/c1-2-9-20-17(19)14-6-4-8-16(11-14)21-12-13-5-3-7-15(18)10-13/h1,3-8,10-11H,9,12H2. The number of benzene rings is 2. The molecule has 0 heterocycles. The highest BCUT2D eigenvalue weighted by atomic mass is 19.1. The Morgan fingerprint density at radius 3 is 2.76 bits per heavy atom.